The van der Waals surface area contributed by atoms with Crippen LogP contribution < -0.4 is 11.5 Å². The Labute approximate surface area is 813 Å². The monoisotopic (exact) mass is 2040 g/mol. The minimum Gasteiger partial charge on any atom is -0.462 e. The highest BCUT2D eigenvalue weighted by molar-refractivity contribution is 7.47. The Morgan fingerprint density at radius 3 is 1.09 bits per heavy atom. The highest BCUT2D eigenvalue weighted by atomic mass is 31.2. The fraction of sp³-hybridized carbons (Fsp3) is 0.968. The summed E-state index contributed by atoms with van der Waals surface area (Å²) >= 11 is 0. The van der Waals surface area contributed by atoms with Gasteiger partial charge in [0.15, 0.2) is 43.7 Å². The first kappa shape index (κ1) is 124. The van der Waals surface area contributed by atoms with Gasteiger partial charge in [0.1, 0.15) is 153 Å². The van der Waals surface area contributed by atoms with E-state index in [9.17, 15) is 120 Å². The van der Waals surface area contributed by atoms with Crippen LogP contribution in [-0.2, 0) is 103 Å². The molecule has 6 aliphatic rings. The summed E-state index contributed by atoms with van der Waals surface area (Å²) in [5.74, 6) is -2.39. The zero-order chi connectivity index (χ0) is 101. The number of aliphatic hydroxyl groups excluding tert-OH is 17. The van der Waals surface area contributed by atoms with Crippen molar-refractivity contribution in [3.05, 3.63) is 0 Å². The SMILES string of the molecule is CCCCCCCCCCCCCCCCCC(=O)OC[C@H](COP(=O)(O)O[C@@H]1[C@H](OC(=O)CCCCCCCCCCCCCCC)[C@H](O)[C@@H](O)[C@H](O)[C@H]1O[C@H]1O[C@H](CO)[C@@H](O[C@H]2O[C@H](CO[C@H]3O[C@H](CO)[C@@H](O)[C@H](O)[C@@H]3O[C@H]3O[C@H](COP(=O)(O)OCCN)[C@@H](O)[C@H](O)[C@@H]3O[C@H]3O[C@H](CO)[C@@H](O)[C@H](O)[C@@H]3O)[C@@H](O)[C@H](O)[C@@H]2O)[C@H](O)[C@H]1N)OC(=O)CCCCCCCCCCCCCCCCC. The fourth-order valence-electron chi connectivity index (χ4n) is 17.9. The maximum Gasteiger partial charge on any atom is 0.472 e. The number of phosphoric acid groups is 2. The third-order valence-electron chi connectivity index (χ3n) is 26.4. The van der Waals surface area contributed by atoms with E-state index in [1.807, 2.05) is 0 Å². The van der Waals surface area contributed by atoms with Crippen LogP contribution in [0, 0.1) is 0 Å². The van der Waals surface area contributed by atoms with E-state index in [2.05, 4.69) is 20.8 Å². The largest absolute Gasteiger partial charge is 0.472 e. The second-order valence-corrected chi connectivity index (χ2v) is 40.7. The fourth-order valence-corrected chi connectivity index (χ4v) is 19.6. The first-order valence-corrected chi connectivity index (χ1v) is 54.4. The van der Waals surface area contributed by atoms with Gasteiger partial charge in [-0.25, -0.2) is 9.13 Å². The lowest BCUT2D eigenvalue weighted by Gasteiger charge is -2.49. The van der Waals surface area contributed by atoms with E-state index >= 15 is 0 Å². The van der Waals surface area contributed by atoms with Crippen molar-refractivity contribution < 1.29 is 200 Å². The number of carbonyl (C=O) groups is 3. The van der Waals surface area contributed by atoms with Gasteiger partial charge in [-0.3, -0.25) is 32.5 Å². The molecular formula is C93H174N2O41P2. The molecule has 6 rings (SSSR count). The Kier molecular flexibility index (Phi) is 62.0. The Hall–Kier alpha value is -2.53. The predicted molar refractivity (Wildman–Crippen MR) is 494 cm³/mol. The number of ether oxygens (including phenoxy) is 13. The Morgan fingerprint density at radius 2 is 0.645 bits per heavy atom. The van der Waals surface area contributed by atoms with Crippen molar-refractivity contribution in [2.45, 2.75) is 512 Å². The van der Waals surface area contributed by atoms with E-state index in [1.54, 1.807) is 0 Å². The molecule has 5 saturated heterocycles. The van der Waals surface area contributed by atoms with Gasteiger partial charge in [0.2, 0.25) is 0 Å². The smallest absolute Gasteiger partial charge is 0.462 e. The number of rotatable bonds is 75. The molecule has 0 bridgehead atoms. The van der Waals surface area contributed by atoms with Gasteiger partial charge < -0.3 is 170 Å². The molecule has 0 amide bonds. The van der Waals surface area contributed by atoms with Gasteiger partial charge in [-0.15, -0.1) is 0 Å². The predicted octanol–water partition coefficient (Wildman–Crippen LogP) is 4.50. The molecule has 5 heterocycles. The second kappa shape index (κ2) is 68.9. The van der Waals surface area contributed by atoms with Crippen LogP contribution in [0.2, 0.25) is 0 Å². The van der Waals surface area contributed by atoms with Crippen LogP contribution in [0.3, 0.4) is 0 Å². The first-order chi connectivity index (χ1) is 66.2. The molecule has 138 heavy (non-hydrogen) atoms. The van der Waals surface area contributed by atoms with Gasteiger partial charge in [-0.2, -0.15) is 0 Å². The summed E-state index contributed by atoms with van der Waals surface area (Å²) in [6, 6.07) is -1.98. The van der Waals surface area contributed by atoms with Crippen LogP contribution in [0.5, 0.6) is 0 Å². The summed E-state index contributed by atoms with van der Waals surface area (Å²) in [5.41, 5.74) is 12.0. The number of esters is 3. The summed E-state index contributed by atoms with van der Waals surface area (Å²) in [4.78, 5) is 63.2. The van der Waals surface area contributed by atoms with Crippen molar-refractivity contribution in [2.24, 2.45) is 11.5 Å². The molecule has 1 saturated carbocycles. The quantitative estimate of drug-likeness (QED) is 0.0172. The lowest BCUT2D eigenvalue weighted by atomic mass is 9.84. The zero-order valence-corrected chi connectivity index (χ0v) is 83.2. The van der Waals surface area contributed by atoms with Crippen LogP contribution >= 0.6 is 15.6 Å². The number of hydrogen-bond donors (Lipinski definition) is 21. The third kappa shape index (κ3) is 43.3. The van der Waals surface area contributed by atoms with Crippen molar-refractivity contribution in [1.82, 2.24) is 0 Å². The van der Waals surface area contributed by atoms with E-state index in [0.29, 0.717) is 25.7 Å². The summed E-state index contributed by atoms with van der Waals surface area (Å²) in [7, 11) is -10.7. The molecule has 812 valence electrons. The van der Waals surface area contributed by atoms with Crippen LogP contribution in [0.4, 0.5) is 0 Å². The van der Waals surface area contributed by atoms with Crippen LogP contribution in [-0.4, -0.2) is 370 Å². The maximum atomic E-state index is 14.7. The number of carbonyl (C=O) groups excluding carboxylic acids is 3. The molecule has 5 aliphatic heterocycles. The lowest BCUT2D eigenvalue weighted by molar-refractivity contribution is -0.396. The Morgan fingerprint density at radius 1 is 0.312 bits per heavy atom. The van der Waals surface area contributed by atoms with E-state index in [0.717, 1.165) is 109 Å². The van der Waals surface area contributed by atoms with Gasteiger partial charge in [-0.05, 0) is 19.3 Å². The minimum absolute atomic E-state index is 0.0117. The molecule has 1 aliphatic carbocycles. The molecule has 34 atom stereocenters. The van der Waals surface area contributed by atoms with Crippen molar-refractivity contribution in [3.8, 4) is 0 Å². The number of unbranched alkanes of at least 4 members (excludes halogenated alkanes) is 40. The van der Waals surface area contributed by atoms with E-state index in [-0.39, 0.29) is 32.2 Å². The number of phosphoric ester groups is 2. The van der Waals surface area contributed by atoms with Gasteiger partial charge >= 0.3 is 33.6 Å². The topological polar surface area (TPSA) is 679 Å². The number of aliphatic hydroxyl groups is 17. The Balaban J connectivity index is 1.19. The van der Waals surface area contributed by atoms with Gasteiger partial charge in [-0.1, -0.05) is 278 Å². The molecular weight excluding hydrogens is 1860 g/mol. The standard InChI is InChI=1S/C93H174N2O41P2/c1-4-7-10-13-16-19-22-25-27-30-32-35-38-41-44-47-65(99)120-55-59(125-66(100)48-45-42-39-36-34-31-28-26-23-20-17-14-11-8-5-2)56-123-138(118,119)136-88-84(131-67(101)49-46-43-40-37-33-29-24-21-18-15-12-9-6-3)79(112)76(109)80(113)85(88)133-89-68(95)73(106)83(62(54-98)128-89)132-91-82(115)75(108)71(104)63(129-91)57-121-92-86(77(110)70(103)61(53-97)127-92)135-93-87(134-90-81(114)74(107)69(102)60(52-96)126-90)78(111)72(105)64(130-93)58-124-137(116,117)122-51-50-94/h59-64,68-93,96-98,102-115H,4-58,94-95H2,1-3H3,(H,116,117)(H,118,119)/t59-,60-,61-,62-,63-,64-,68-,69-,70-,71-,72-,73-,74+,75+,76-,77+,78+,79-,80+,81+,82+,83-,84-,85-,86+,87+,88-,89-,90-,91-,92+,93-/m1/s1. The third-order valence-corrected chi connectivity index (χ3v) is 28.4. The summed E-state index contributed by atoms with van der Waals surface area (Å²) in [6.07, 6.45) is -20.8. The average molecular weight is 2040 g/mol. The summed E-state index contributed by atoms with van der Waals surface area (Å²) < 4.78 is 125. The number of hydrogen-bond acceptors (Lipinski definition) is 41. The van der Waals surface area contributed by atoms with Crippen molar-refractivity contribution in [3.63, 3.8) is 0 Å². The molecule has 45 heteroatoms. The normalized spacial score (nSPS) is 33.6. The maximum absolute atomic E-state index is 14.7. The summed E-state index contributed by atoms with van der Waals surface area (Å²) in [6.45, 7) is -1.16. The number of nitrogens with two attached hydrogens (primary N) is 2. The molecule has 6 fully saturated rings. The Bertz CT molecular complexity index is 3290. The molecule has 0 spiro atoms. The average Bonchev–Trinajstić information content (AvgIpc) is 0.768. The van der Waals surface area contributed by atoms with Crippen LogP contribution in [0.25, 0.3) is 0 Å². The van der Waals surface area contributed by atoms with Crippen molar-refractivity contribution in [1.29, 1.82) is 0 Å². The van der Waals surface area contributed by atoms with Gasteiger partial charge in [0.05, 0.1) is 52.3 Å². The van der Waals surface area contributed by atoms with Crippen LogP contribution in [0.1, 0.15) is 316 Å². The highest BCUT2D eigenvalue weighted by Crippen LogP contribution is 2.50. The first-order valence-electron chi connectivity index (χ1n) is 51.4. The molecule has 0 radical (unpaired) electrons. The molecule has 43 nitrogen and oxygen atoms in total. The lowest BCUT2D eigenvalue weighted by Crippen LogP contribution is -2.70. The van der Waals surface area contributed by atoms with Gasteiger partial charge in [0.25, 0.3) is 0 Å². The second-order valence-electron chi connectivity index (χ2n) is 37.8. The molecule has 23 N–H and O–H groups in total. The minimum atomic E-state index is -5.76. The van der Waals surface area contributed by atoms with Crippen LogP contribution in [0.15, 0.2) is 0 Å². The zero-order valence-electron chi connectivity index (χ0n) is 81.4. The highest BCUT2D eigenvalue weighted by Gasteiger charge is 2.60. The van der Waals surface area contributed by atoms with E-state index in [4.69, 9.17) is 91.1 Å². The van der Waals surface area contributed by atoms with Crippen molar-refractivity contribution >= 4 is 33.6 Å². The van der Waals surface area contributed by atoms with Gasteiger partial charge in [0, 0.05) is 25.8 Å². The summed E-state index contributed by atoms with van der Waals surface area (Å²) in [5, 5.41) is 191. The van der Waals surface area contributed by atoms with E-state index in [1.165, 1.54) is 135 Å². The van der Waals surface area contributed by atoms with E-state index < -0.39 is 283 Å². The molecule has 2 unspecified atom stereocenters. The molecule has 0 aromatic heterocycles. The van der Waals surface area contributed by atoms with Crippen molar-refractivity contribution in [2.75, 3.05) is 59.4 Å². The molecule has 0 aromatic carbocycles. The molecule has 0 aromatic rings.